The first-order chi connectivity index (χ1) is 12.2. The number of benzene rings is 1. The molecule has 2 rings (SSSR count). The number of aliphatic imine (C=N–C) groups is 1. The van der Waals surface area contributed by atoms with Crippen molar-refractivity contribution in [2.24, 2.45) is 4.99 Å². The molecule has 5 nitrogen and oxygen atoms in total. The maximum Gasteiger partial charge on any atom is 0.244 e. The van der Waals surface area contributed by atoms with Gasteiger partial charge in [-0.3, -0.25) is 4.79 Å². The molecule has 1 amide bonds. The normalized spacial score (nSPS) is 14.6. The van der Waals surface area contributed by atoms with E-state index < -0.39 is 0 Å². The van der Waals surface area contributed by atoms with E-state index in [0.717, 1.165) is 56.5 Å². The molecular weight excluding hydrogens is 332 g/mol. The summed E-state index contributed by atoms with van der Waals surface area (Å²) in [5.74, 6) is 2.87. The Morgan fingerprint density at radius 2 is 1.92 bits per heavy atom. The second-order valence-corrected chi connectivity index (χ2v) is 7.35. The summed E-state index contributed by atoms with van der Waals surface area (Å²) in [6.07, 6.45) is 2.23. The van der Waals surface area contributed by atoms with Crippen LogP contribution in [0.5, 0.6) is 0 Å². The lowest BCUT2D eigenvalue weighted by atomic mass is 10.2. The topological polar surface area (TPSA) is 56.7 Å². The van der Waals surface area contributed by atoms with Crippen molar-refractivity contribution in [3.63, 3.8) is 0 Å². The molecule has 0 atom stereocenters. The van der Waals surface area contributed by atoms with Crippen LogP contribution in [0.3, 0.4) is 0 Å². The first kappa shape index (κ1) is 19.6. The molecule has 1 aromatic carbocycles. The molecule has 0 spiro atoms. The number of hydrogen-bond acceptors (Lipinski definition) is 3. The Labute approximate surface area is 155 Å². The number of rotatable bonds is 8. The van der Waals surface area contributed by atoms with Crippen molar-refractivity contribution >= 4 is 23.6 Å². The van der Waals surface area contributed by atoms with Gasteiger partial charge in [-0.25, -0.2) is 4.99 Å². The molecule has 6 heteroatoms. The number of nitrogens with zero attached hydrogens (tertiary/aromatic N) is 2. The molecule has 0 bridgehead atoms. The summed E-state index contributed by atoms with van der Waals surface area (Å²) in [6, 6.07) is 8.68. The van der Waals surface area contributed by atoms with Crippen molar-refractivity contribution in [1.29, 1.82) is 0 Å². The number of hydrogen-bond donors (Lipinski definition) is 2. The van der Waals surface area contributed by atoms with Gasteiger partial charge in [0, 0.05) is 37.7 Å². The lowest BCUT2D eigenvalue weighted by molar-refractivity contribution is -0.128. The number of guanidine groups is 1. The Bertz CT molecular complexity index is 553. The van der Waals surface area contributed by atoms with E-state index in [1.165, 1.54) is 11.1 Å². The Morgan fingerprint density at radius 1 is 1.20 bits per heavy atom. The number of carbonyl (C=O) groups excluding carboxylic acids is 1. The molecule has 1 aliphatic heterocycles. The molecule has 25 heavy (non-hydrogen) atoms. The van der Waals surface area contributed by atoms with E-state index in [2.05, 4.69) is 46.8 Å². The van der Waals surface area contributed by atoms with Crippen molar-refractivity contribution in [3.05, 3.63) is 35.4 Å². The zero-order chi connectivity index (χ0) is 17.9. The minimum atomic E-state index is 0.128. The number of thioether (sulfide) groups is 1. The minimum Gasteiger partial charge on any atom is -0.357 e. The molecule has 1 saturated heterocycles. The molecule has 1 fully saturated rings. The van der Waals surface area contributed by atoms with Crippen molar-refractivity contribution in [1.82, 2.24) is 15.5 Å². The van der Waals surface area contributed by atoms with E-state index in [1.54, 1.807) is 0 Å². The highest BCUT2D eigenvalue weighted by molar-refractivity contribution is 7.98. The highest BCUT2D eigenvalue weighted by Gasteiger charge is 2.17. The van der Waals surface area contributed by atoms with E-state index >= 15 is 0 Å². The summed E-state index contributed by atoms with van der Waals surface area (Å²) < 4.78 is 0. The molecule has 0 unspecified atom stereocenters. The van der Waals surface area contributed by atoms with Crippen LogP contribution in [0, 0.1) is 6.92 Å². The third kappa shape index (κ3) is 7.38. The van der Waals surface area contributed by atoms with E-state index in [4.69, 9.17) is 0 Å². The first-order valence-electron chi connectivity index (χ1n) is 9.12. The summed E-state index contributed by atoms with van der Waals surface area (Å²) in [5.41, 5.74) is 2.65. The highest BCUT2D eigenvalue weighted by Crippen LogP contribution is 2.12. The van der Waals surface area contributed by atoms with Crippen LogP contribution in [-0.4, -0.2) is 55.2 Å². The lowest BCUT2D eigenvalue weighted by Gasteiger charge is -2.15. The maximum absolute atomic E-state index is 12.1. The van der Waals surface area contributed by atoms with Gasteiger partial charge < -0.3 is 15.5 Å². The molecule has 0 radical (unpaired) electrons. The summed E-state index contributed by atoms with van der Waals surface area (Å²) >= 11 is 1.90. The molecule has 2 N–H and O–H groups in total. The average molecular weight is 363 g/mol. The predicted molar refractivity (Wildman–Crippen MR) is 107 cm³/mol. The number of carbonyl (C=O) groups is 1. The molecule has 0 saturated carbocycles. The van der Waals surface area contributed by atoms with E-state index in [1.807, 2.05) is 23.6 Å². The van der Waals surface area contributed by atoms with Gasteiger partial charge in [-0.05, 0) is 32.3 Å². The van der Waals surface area contributed by atoms with E-state index in [0.29, 0.717) is 0 Å². The largest absolute Gasteiger partial charge is 0.357 e. The zero-order valence-electron chi connectivity index (χ0n) is 15.4. The SMILES string of the molecule is CCNC(=NCC(=O)N1CCCC1)NCCSCc1ccc(C)cc1. The van der Waals surface area contributed by atoms with E-state index in [9.17, 15) is 4.79 Å². The van der Waals surface area contributed by atoms with Gasteiger partial charge in [0.15, 0.2) is 5.96 Å². The number of likely N-dealkylation sites (tertiary alicyclic amines) is 1. The fraction of sp³-hybridized carbons (Fsp3) is 0.579. The van der Waals surface area contributed by atoms with Gasteiger partial charge >= 0.3 is 0 Å². The quantitative estimate of drug-likeness (QED) is 0.424. The number of aryl methyl sites for hydroxylation is 1. The van der Waals surface area contributed by atoms with Crippen LogP contribution in [0.1, 0.15) is 30.9 Å². The summed E-state index contributed by atoms with van der Waals surface area (Å²) in [5, 5.41) is 6.51. The Kier molecular flexibility index (Phi) is 8.66. The van der Waals surface area contributed by atoms with Gasteiger partial charge in [0.1, 0.15) is 6.54 Å². The zero-order valence-corrected chi connectivity index (χ0v) is 16.2. The Hall–Kier alpha value is -1.69. The molecular formula is C19H30N4OS. The van der Waals surface area contributed by atoms with Crippen molar-refractivity contribution in [2.75, 3.05) is 38.5 Å². The predicted octanol–water partition coefficient (Wildman–Crippen LogP) is 2.41. The second kappa shape index (κ2) is 11.0. The van der Waals surface area contributed by atoms with Gasteiger partial charge in [0.2, 0.25) is 5.91 Å². The lowest BCUT2D eigenvalue weighted by Crippen LogP contribution is -2.39. The molecule has 0 aliphatic carbocycles. The molecule has 0 aromatic heterocycles. The van der Waals surface area contributed by atoms with Crippen molar-refractivity contribution in [3.8, 4) is 0 Å². The monoisotopic (exact) mass is 362 g/mol. The van der Waals surface area contributed by atoms with Crippen LogP contribution < -0.4 is 10.6 Å². The van der Waals surface area contributed by atoms with Gasteiger partial charge in [0.05, 0.1) is 0 Å². The van der Waals surface area contributed by atoms with Crippen LogP contribution in [0.2, 0.25) is 0 Å². The summed E-state index contributed by atoms with van der Waals surface area (Å²) in [4.78, 5) is 18.4. The smallest absolute Gasteiger partial charge is 0.244 e. The van der Waals surface area contributed by atoms with Gasteiger partial charge in [-0.15, -0.1) is 0 Å². The molecule has 138 valence electrons. The highest BCUT2D eigenvalue weighted by atomic mass is 32.2. The average Bonchev–Trinajstić information content (AvgIpc) is 3.15. The first-order valence-corrected chi connectivity index (χ1v) is 10.3. The fourth-order valence-electron chi connectivity index (χ4n) is 2.67. The van der Waals surface area contributed by atoms with E-state index in [-0.39, 0.29) is 12.5 Å². The summed E-state index contributed by atoms with van der Waals surface area (Å²) in [6.45, 7) is 7.76. The van der Waals surface area contributed by atoms with Gasteiger partial charge in [-0.1, -0.05) is 29.8 Å². The molecule has 1 heterocycles. The molecule has 1 aliphatic rings. The Balaban J connectivity index is 1.66. The number of amides is 1. The second-order valence-electron chi connectivity index (χ2n) is 6.25. The van der Waals surface area contributed by atoms with Crippen LogP contribution >= 0.6 is 11.8 Å². The van der Waals surface area contributed by atoms with Crippen LogP contribution in [0.25, 0.3) is 0 Å². The third-order valence-corrected chi connectivity index (χ3v) is 5.13. The Morgan fingerprint density at radius 3 is 2.60 bits per heavy atom. The number of nitrogens with one attached hydrogen (secondary N) is 2. The van der Waals surface area contributed by atoms with Gasteiger partial charge in [-0.2, -0.15) is 11.8 Å². The van der Waals surface area contributed by atoms with Crippen LogP contribution in [0.4, 0.5) is 0 Å². The van der Waals surface area contributed by atoms with Crippen LogP contribution in [0.15, 0.2) is 29.3 Å². The standard InChI is InChI=1S/C19H30N4OS/c1-3-20-19(22-14-18(24)23-11-4-5-12-23)21-10-13-25-15-17-8-6-16(2)7-9-17/h6-9H,3-5,10-15H2,1-2H3,(H2,20,21,22). The van der Waals surface area contributed by atoms with Crippen molar-refractivity contribution in [2.45, 2.75) is 32.4 Å². The fourth-order valence-corrected chi connectivity index (χ4v) is 3.49. The molecule has 1 aromatic rings. The van der Waals surface area contributed by atoms with Crippen LogP contribution in [-0.2, 0) is 10.5 Å². The maximum atomic E-state index is 12.1. The van der Waals surface area contributed by atoms with Crippen molar-refractivity contribution < 1.29 is 4.79 Å². The third-order valence-electron chi connectivity index (χ3n) is 4.10. The summed E-state index contributed by atoms with van der Waals surface area (Å²) in [7, 11) is 0. The van der Waals surface area contributed by atoms with Gasteiger partial charge in [0.25, 0.3) is 0 Å². The minimum absolute atomic E-state index is 0.128.